The van der Waals surface area contributed by atoms with Crippen molar-refractivity contribution in [1.29, 1.82) is 0 Å². The first kappa shape index (κ1) is 32.4. The van der Waals surface area contributed by atoms with Crippen LogP contribution in [0.15, 0.2) is 36.4 Å². The molecule has 0 saturated heterocycles. The molecule has 208 valence electrons. The van der Waals surface area contributed by atoms with Gasteiger partial charge in [0.1, 0.15) is 5.60 Å². The van der Waals surface area contributed by atoms with E-state index in [2.05, 4.69) is 24.4 Å². The fourth-order valence-corrected chi connectivity index (χ4v) is 3.93. The SMILES string of the molecule is CCCCCCCCCCC=CCCCNc1cccc(C(=O)C(C(=O)OCC)C(=O)OC(C)(C)C)c1. The molecular weight excluding hydrogens is 466 g/mol. The summed E-state index contributed by atoms with van der Waals surface area (Å²) in [5, 5.41) is 3.32. The van der Waals surface area contributed by atoms with Gasteiger partial charge in [0.15, 0.2) is 5.78 Å². The van der Waals surface area contributed by atoms with Gasteiger partial charge in [-0.25, -0.2) is 0 Å². The van der Waals surface area contributed by atoms with Crippen molar-refractivity contribution in [3.8, 4) is 0 Å². The predicted molar refractivity (Wildman–Crippen MR) is 151 cm³/mol. The molecule has 37 heavy (non-hydrogen) atoms. The molecule has 0 aliphatic heterocycles. The van der Waals surface area contributed by atoms with Crippen LogP contribution in [-0.4, -0.2) is 36.5 Å². The van der Waals surface area contributed by atoms with Crippen molar-refractivity contribution >= 4 is 23.4 Å². The van der Waals surface area contributed by atoms with Crippen molar-refractivity contribution in [2.45, 2.75) is 111 Å². The Kier molecular flexibility index (Phi) is 16.3. The molecule has 1 unspecified atom stereocenters. The molecule has 0 aliphatic rings. The quantitative estimate of drug-likeness (QED) is 0.0669. The fourth-order valence-electron chi connectivity index (χ4n) is 3.93. The van der Waals surface area contributed by atoms with Crippen molar-refractivity contribution in [2.24, 2.45) is 5.92 Å². The minimum atomic E-state index is -1.64. The number of rotatable bonds is 19. The molecule has 0 heterocycles. The molecule has 0 bridgehead atoms. The molecule has 0 fully saturated rings. The van der Waals surface area contributed by atoms with Gasteiger partial charge >= 0.3 is 11.9 Å². The Bertz CT molecular complexity index is 840. The molecule has 1 rings (SSSR count). The minimum Gasteiger partial charge on any atom is -0.465 e. The van der Waals surface area contributed by atoms with E-state index in [0.717, 1.165) is 31.5 Å². The third kappa shape index (κ3) is 14.6. The summed E-state index contributed by atoms with van der Waals surface area (Å²) in [6.45, 7) is 9.77. The van der Waals surface area contributed by atoms with Crippen molar-refractivity contribution in [1.82, 2.24) is 0 Å². The zero-order chi connectivity index (χ0) is 27.5. The second-order valence-corrected chi connectivity index (χ2v) is 10.5. The highest BCUT2D eigenvalue weighted by Crippen LogP contribution is 2.20. The van der Waals surface area contributed by atoms with E-state index in [1.807, 2.05) is 6.07 Å². The van der Waals surface area contributed by atoms with Crippen LogP contribution in [0.2, 0.25) is 0 Å². The molecule has 1 aromatic rings. The lowest BCUT2D eigenvalue weighted by Crippen LogP contribution is -2.38. The van der Waals surface area contributed by atoms with E-state index >= 15 is 0 Å². The van der Waals surface area contributed by atoms with Gasteiger partial charge in [-0.2, -0.15) is 0 Å². The zero-order valence-electron chi connectivity index (χ0n) is 23.8. The van der Waals surface area contributed by atoms with E-state index in [0.29, 0.717) is 0 Å². The number of anilines is 1. The first-order valence-corrected chi connectivity index (χ1v) is 14.1. The molecule has 1 aromatic carbocycles. The number of Topliss-reactive ketones (excluding diaryl/α,β-unsaturated/α-hetero) is 1. The summed E-state index contributed by atoms with van der Waals surface area (Å²) in [6, 6.07) is 6.85. The molecule has 0 aromatic heterocycles. The second-order valence-electron chi connectivity index (χ2n) is 10.5. The topological polar surface area (TPSA) is 81.7 Å². The molecule has 0 radical (unpaired) electrons. The number of nitrogens with one attached hydrogen (secondary N) is 1. The molecule has 0 amide bonds. The largest absolute Gasteiger partial charge is 0.465 e. The lowest BCUT2D eigenvalue weighted by molar-refractivity contribution is -0.166. The first-order chi connectivity index (χ1) is 17.7. The number of ether oxygens (including phenoxy) is 2. The summed E-state index contributed by atoms with van der Waals surface area (Å²) < 4.78 is 10.3. The monoisotopic (exact) mass is 515 g/mol. The van der Waals surface area contributed by atoms with Crippen LogP contribution in [-0.2, 0) is 19.1 Å². The summed E-state index contributed by atoms with van der Waals surface area (Å²) in [5.41, 5.74) is 0.202. The third-order valence-electron chi connectivity index (χ3n) is 5.84. The van der Waals surface area contributed by atoms with Crippen LogP contribution < -0.4 is 5.32 Å². The lowest BCUT2D eigenvalue weighted by Gasteiger charge is -2.22. The summed E-state index contributed by atoms with van der Waals surface area (Å²) >= 11 is 0. The van der Waals surface area contributed by atoms with Crippen LogP contribution in [0.1, 0.15) is 116 Å². The number of hydrogen-bond donors (Lipinski definition) is 1. The van der Waals surface area contributed by atoms with Crippen molar-refractivity contribution in [3.63, 3.8) is 0 Å². The van der Waals surface area contributed by atoms with Crippen LogP contribution in [0, 0.1) is 5.92 Å². The predicted octanol–water partition coefficient (Wildman–Crippen LogP) is 7.67. The zero-order valence-corrected chi connectivity index (χ0v) is 23.8. The van der Waals surface area contributed by atoms with Gasteiger partial charge in [0, 0.05) is 17.8 Å². The van der Waals surface area contributed by atoms with Crippen LogP contribution in [0.3, 0.4) is 0 Å². The van der Waals surface area contributed by atoms with Crippen molar-refractivity contribution < 1.29 is 23.9 Å². The Labute approximate surface area is 224 Å². The van der Waals surface area contributed by atoms with Gasteiger partial charge in [0.25, 0.3) is 0 Å². The number of unbranched alkanes of at least 4 members (excludes halogenated alkanes) is 9. The van der Waals surface area contributed by atoms with E-state index in [-0.39, 0.29) is 12.2 Å². The van der Waals surface area contributed by atoms with E-state index in [9.17, 15) is 14.4 Å². The number of carbonyl (C=O) groups is 3. The Balaban J connectivity index is 2.47. The number of allylic oxidation sites excluding steroid dienone is 2. The van der Waals surface area contributed by atoms with Crippen molar-refractivity contribution in [3.05, 3.63) is 42.0 Å². The van der Waals surface area contributed by atoms with Gasteiger partial charge in [-0.3, -0.25) is 14.4 Å². The average molecular weight is 516 g/mol. The number of ketones is 1. The van der Waals surface area contributed by atoms with Crippen LogP contribution >= 0.6 is 0 Å². The summed E-state index contributed by atoms with van der Waals surface area (Å²) in [7, 11) is 0. The normalized spacial score (nSPS) is 12.4. The maximum atomic E-state index is 13.1. The maximum absolute atomic E-state index is 13.1. The summed E-state index contributed by atoms with van der Waals surface area (Å²) in [6.07, 6.45) is 18.4. The molecular formula is C31H49NO5. The highest BCUT2D eigenvalue weighted by Gasteiger charge is 2.39. The Morgan fingerprint density at radius 2 is 1.49 bits per heavy atom. The van der Waals surface area contributed by atoms with Crippen LogP contribution in [0.25, 0.3) is 0 Å². The van der Waals surface area contributed by atoms with Crippen LogP contribution in [0.5, 0.6) is 0 Å². The van der Waals surface area contributed by atoms with Gasteiger partial charge in [-0.1, -0.05) is 76.2 Å². The van der Waals surface area contributed by atoms with Crippen LogP contribution in [0.4, 0.5) is 5.69 Å². The second kappa shape index (κ2) is 18.6. The van der Waals surface area contributed by atoms with Gasteiger partial charge in [0.2, 0.25) is 5.92 Å². The Hall–Kier alpha value is -2.63. The smallest absolute Gasteiger partial charge is 0.328 e. The van der Waals surface area contributed by atoms with E-state index in [1.54, 1.807) is 45.9 Å². The highest BCUT2D eigenvalue weighted by atomic mass is 16.6. The minimum absolute atomic E-state index is 0.0700. The fraction of sp³-hybridized carbons (Fsp3) is 0.645. The first-order valence-electron chi connectivity index (χ1n) is 14.1. The molecule has 0 aliphatic carbocycles. The van der Waals surface area contributed by atoms with Gasteiger partial charge in [-0.15, -0.1) is 0 Å². The molecule has 0 saturated carbocycles. The van der Waals surface area contributed by atoms with E-state index in [1.165, 1.54) is 51.4 Å². The molecule has 1 N–H and O–H groups in total. The van der Waals surface area contributed by atoms with E-state index < -0.39 is 29.2 Å². The molecule has 1 atom stereocenters. The number of benzene rings is 1. The van der Waals surface area contributed by atoms with E-state index in [4.69, 9.17) is 9.47 Å². The molecule has 0 spiro atoms. The standard InChI is InChI=1S/C31H49NO5/c1-6-8-9-10-11-12-13-14-15-16-17-18-19-23-32-26-22-20-21-25(24-26)28(33)27(29(34)36-7-2)30(35)37-31(3,4)5/h16-17,20-22,24,27,32H,6-15,18-19,23H2,1-5H3. The summed E-state index contributed by atoms with van der Waals surface area (Å²) in [4.78, 5) is 38.2. The maximum Gasteiger partial charge on any atom is 0.328 e. The third-order valence-corrected chi connectivity index (χ3v) is 5.84. The summed E-state index contributed by atoms with van der Waals surface area (Å²) in [5.74, 6) is -4.05. The van der Waals surface area contributed by atoms with Gasteiger partial charge in [-0.05, 0) is 65.5 Å². The molecule has 6 heteroatoms. The number of esters is 2. The number of carbonyl (C=O) groups excluding carboxylic acids is 3. The van der Waals surface area contributed by atoms with Gasteiger partial charge < -0.3 is 14.8 Å². The lowest BCUT2D eigenvalue weighted by atomic mass is 9.97. The Morgan fingerprint density at radius 3 is 2.11 bits per heavy atom. The highest BCUT2D eigenvalue weighted by molar-refractivity contribution is 6.21. The Morgan fingerprint density at radius 1 is 0.865 bits per heavy atom. The average Bonchev–Trinajstić information content (AvgIpc) is 2.83. The van der Waals surface area contributed by atoms with Gasteiger partial charge in [0.05, 0.1) is 6.61 Å². The van der Waals surface area contributed by atoms with Crippen molar-refractivity contribution in [2.75, 3.05) is 18.5 Å². The number of hydrogen-bond acceptors (Lipinski definition) is 6. The molecule has 6 nitrogen and oxygen atoms in total.